The fraction of sp³-hybridized carbons (Fsp3) is 0. The summed E-state index contributed by atoms with van der Waals surface area (Å²) >= 11 is 0. The monoisotopic (exact) mass is 346 g/mol. The van der Waals surface area contributed by atoms with Gasteiger partial charge in [0, 0.05) is 0 Å². The number of fused-ring (bicyclic) bond motifs is 2. The molecular formula is C26H18O. The highest BCUT2D eigenvalue weighted by atomic mass is 16.3. The van der Waals surface area contributed by atoms with Crippen LogP contribution in [0.4, 0.5) is 0 Å². The van der Waals surface area contributed by atoms with Gasteiger partial charge in [-0.25, -0.2) is 0 Å². The molecule has 27 heavy (non-hydrogen) atoms. The molecule has 0 heterocycles. The Bertz CT molecular complexity index is 1040. The Labute approximate surface area is 158 Å². The van der Waals surface area contributed by atoms with Crippen LogP contribution in [0.3, 0.4) is 0 Å². The first-order valence-corrected chi connectivity index (χ1v) is 9.09. The number of benzene rings is 1. The van der Waals surface area contributed by atoms with E-state index in [0.717, 1.165) is 22.3 Å². The van der Waals surface area contributed by atoms with Gasteiger partial charge in [-0.15, -0.1) is 0 Å². The van der Waals surface area contributed by atoms with Crippen LogP contribution in [0.15, 0.2) is 103 Å². The van der Waals surface area contributed by atoms with E-state index in [1.54, 1.807) is 0 Å². The minimum atomic E-state index is 0.286. The second-order valence-corrected chi connectivity index (χ2v) is 6.90. The largest absolute Gasteiger partial charge is 0.508 e. The Morgan fingerprint density at radius 1 is 0.333 bits per heavy atom. The summed E-state index contributed by atoms with van der Waals surface area (Å²) in [7, 11) is 0. The number of aromatic hydroxyl groups is 1. The highest BCUT2D eigenvalue weighted by Gasteiger charge is 2.12. The predicted molar refractivity (Wildman–Crippen MR) is 112 cm³/mol. The van der Waals surface area contributed by atoms with Crippen molar-refractivity contribution in [1.82, 2.24) is 0 Å². The topological polar surface area (TPSA) is 20.2 Å². The number of hydrogen-bond donors (Lipinski definition) is 1. The normalized spacial score (nSPS) is 11.1. The molecule has 128 valence electrons. The molecule has 0 bridgehead atoms. The van der Waals surface area contributed by atoms with E-state index in [2.05, 4.69) is 78.9 Å². The molecule has 0 amide bonds. The van der Waals surface area contributed by atoms with Crippen LogP contribution >= 0.6 is 0 Å². The zero-order valence-electron chi connectivity index (χ0n) is 14.8. The van der Waals surface area contributed by atoms with Crippen molar-refractivity contribution in [3.05, 3.63) is 103 Å². The third kappa shape index (κ3) is 2.94. The van der Waals surface area contributed by atoms with Gasteiger partial charge in [0.15, 0.2) is 0 Å². The molecule has 0 aromatic heterocycles. The van der Waals surface area contributed by atoms with E-state index >= 15 is 0 Å². The lowest BCUT2D eigenvalue weighted by Crippen LogP contribution is -1.79. The molecule has 1 nitrogen and oxygen atoms in total. The first-order chi connectivity index (χ1) is 13.3. The average molecular weight is 346 g/mol. The first kappa shape index (κ1) is 15.7. The molecule has 0 fully saturated rings. The lowest BCUT2D eigenvalue weighted by molar-refractivity contribution is 0.476. The van der Waals surface area contributed by atoms with E-state index in [1.807, 2.05) is 24.3 Å². The molecule has 4 aliphatic rings. The van der Waals surface area contributed by atoms with E-state index in [4.69, 9.17) is 0 Å². The highest BCUT2D eigenvalue weighted by molar-refractivity contribution is 5.85. The molecule has 0 radical (unpaired) electrons. The van der Waals surface area contributed by atoms with Gasteiger partial charge < -0.3 is 5.11 Å². The van der Waals surface area contributed by atoms with Gasteiger partial charge in [0.05, 0.1) is 0 Å². The minimum Gasteiger partial charge on any atom is -0.508 e. The zero-order valence-corrected chi connectivity index (χ0v) is 14.8. The van der Waals surface area contributed by atoms with Gasteiger partial charge in [0.25, 0.3) is 0 Å². The van der Waals surface area contributed by atoms with Gasteiger partial charge in [0.2, 0.25) is 0 Å². The van der Waals surface area contributed by atoms with E-state index < -0.39 is 0 Å². The van der Waals surface area contributed by atoms with Crippen LogP contribution < -0.4 is 0 Å². The smallest absolute Gasteiger partial charge is 0.116 e. The summed E-state index contributed by atoms with van der Waals surface area (Å²) in [6.07, 6.45) is 0. The van der Waals surface area contributed by atoms with Gasteiger partial charge in [-0.3, -0.25) is 0 Å². The molecule has 4 aliphatic carbocycles. The Morgan fingerprint density at radius 2 is 0.630 bits per heavy atom. The average Bonchev–Trinajstić information content (AvgIpc) is 3.11. The fourth-order valence-electron chi connectivity index (χ4n) is 3.71. The zero-order chi connectivity index (χ0) is 18.2. The summed E-state index contributed by atoms with van der Waals surface area (Å²) < 4.78 is 0. The van der Waals surface area contributed by atoms with Crippen LogP contribution in [0, 0.1) is 0 Å². The van der Waals surface area contributed by atoms with Crippen LogP contribution in [0.25, 0.3) is 44.5 Å². The molecule has 5 rings (SSSR count). The van der Waals surface area contributed by atoms with E-state index in [1.165, 1.54) is 22.3 Å². The van der Waals surface area contributed by atoms with E-state index in [-0.39, 0.29) is 5.75 Å². The third-order valence-corrected chi connectivity index (χ3v) is 5.04. The molecular weight excluding hydrogens is 328 g/mol. The van der Waals surface area contributed by atoms with Crippen molar-refractivity contribution in [1.29, 1.82) is 0 Å². The SMILES string of the molecule is Oc1cc(-c2cc3cccccc-3c2)cc(-c2cc3cccccc-3c2)c1. The summed E-state index contributed by atoms with van der Waals surface area (Å²) in [5.41, 5.74) is 9.10. The molecule has 1 N–H and O–H groups in total. The Kier molecular flexibility index (Phi) is 3.65. The predicted octanol–water partition coefficient (Wildman–Crippen LogP) is 6.94. The summed E-state index contributed by atoms with van der Waals surface area (Å²) in [5, 5.41) is 10.3. The van der Waals surface area contributed by atoms with Crippen LogP contribution in [0.5, 0.6) is 5.75 Å². The van der Waals surface area contributed by atoms with Crippen molar-refractivity contribution >= 4 is 0 Å². The Balaban J connectivity index is 1.64. The van der Waals surface area contributed by atoms with E-state index in [9.17, 15) is 5.11 Å². The van der Waals surface area contributed by atoms with Crippen LogP contribution in [0.1, 0.15) is 0 Å². The summed E-state index contributed by atoms with van der Waals surface area (Å²) in [6, 6.07) is 35.3. The van der Waals surface area contributed by atoms with Crippen molar-refractivity contribution < 1.29 is 5.11 Å². The van der Waals surface area contributed by atoms with E-state index in [0.29, 0.717) is 0 Å². The lowest BCUT2D eigenvalue weighted by atomic mass is 10.0. The summed E-state index contributed by atoms with van der Waals surface area (Å²) in [5.74, 6) is 0.286. The van der Waals surface area contributed by atoms with Crippen molar-refractivity contribution in [2.75, 3.05) is 0 Å². The highest BCUT2D eigenvalue weighted by Crippen LogP contribution is 2.38. The van der Waals surface area contributed by atoms with Crippen molar-refractivity contribution in [3.8, 4) is 50.3 Å². The summed E-state index contributed by atoms with van der Waals surface area (Å²) in [4.78, 5) is 0. The number of phenols is 1. The quantitative estimate of drug-likeness (QED) is 0.367. The van der Waals surface area contributed by atoms with Gasteiger partial charge in [-0.2, -0.15) is 0 Å². The number of rotatable bonds is 2. The molecule has 0 saturated carbocycles. The van der Waals surface area contributed by atoms with Crippen LogP contribution in [-0.2, 0) is 0 Å². The molecule has 0 unspecified atom stereocenters. The second-order valence-electron chi connectivity index (χ2n) is 6.90. The fourth-order valence-corrected chi connectivity index (χ4v) is 3.71. The molecule has 1 aromatic rings. The second kappa shape index (κ2) is 6.30. The molecule has 1 aromatic carbocycles. The maximum absolute atomic E-state index is 10.3. The standard InChI is InChI=1S/C26H18O/c27-26-16-24(22-11-18-7-3-1-4-8-19(18)12-22)15-25(17-26)23-13-20-9-5-2-6-10-21(20)14-23/h1-17,27H. The summed E-state index contributed by atoms with van der Waals surface area (Å²) in [6.45, 7) is 0. The van der Waals surface area contributed by atoms with Gasteiger partial charge in [-0.05, 0) is 87.0 Å². The van der Waals surface area contributed by atoms with Crippen LogP contribution in [-0.4, -0.2) is 5.11 Å². The molecule has 0 spiro atoms. The van der Waals surface area contributed by atoms with Crippen molar-refractivity contribution in [2.45, 2.75) is 0 Å². The Hall–Kier alpha value is -3.58. The first-order valence-electron chi connectivity index (χ1n) is 9.09. The molecule has 0 aliphatic heterocycles. The van der Waals surface area contributed by atoms with Crippen molar-refractivity contribution in [2.24, 2.45) is 0 Å². The van der Waals surface area contributed by atoms with Gasteiger partial charge in [0.1, 0.15) is 5.75 Å². The van der Waals surface area contributed by atoms with Gasteiger partial charge in [-0.1, -0.05) is 60.7 Å². The van der Waals surface area contributed by atoms with Crippen LogP contribution in [0.2, 0.25) is 0 Å². The molecule has 0 atom stereocenters. The Morgan fingerprint density at radius 3 is 1.00 bits per heavy atom. The number of hydrogen-bond acceptors (Lipinski definition) is 1. The lowest BCUT2D eigenvalue weighted by Gasteiger charge is -2.05. The van der Waals surface area contributed by atoms with Gasteiger partial charge >= 0.3 is 0 Å². The maximum Gasteiger partial charge on any atom is 0.116 e. The minimum absolute atomic E-state index is 0.286. The molecule has 0 saturated heterocycles. The molecule has 1 heteroatoms. The third-order valence-electron chi connectivity index (χ3n) is 5.04. The maximum atomic E-state index is 10.3. The number of phenolic OH excluding ortho intramolecular Hbond substituents is 1. The van der Waals surface area contributed by atoms with Crippen molar-refractivity contribution in [3.63, 3.8) is 0 Å².